The second kappa shape index (κ2) is 5.27. The normalized spacial score (nSPS) is 10.5. The maximum Gasteiger partial charge on any atom is 0.275 e. The molecule has 0 unspecified atom stereocenters. The van der Waals surface area contributed by atoms with Gasteiger partial charge in [0.25, 0.3) is 5.91 Å². The molecule has 0 aliphatic carbocycles. The zero-order chi connectivity index (χ0) is 14.0. The van der Waals surface area contributed by atoms with E-state index in [-0.39, 0.29) is 16.5 Å². The van der Waals surface area contributed by atoms with Gasteiger partial charge in [0.15, 0.2) is 0 Å². The van der Waals surface area contributed by atoms with Gasteiger partial charge in [-0.15, -0.1) is 0 Å². The Morgan fingerprint density at radius 1 is 1.53 bits per heavy atom. The summed E-state index contributed by atoms with van der Waals surface area (Å²) < 4.78 is 1.64. The van der Waals surface area contributed by atoms with Gasteiger partial charge in [-0.1, -0.05) is 18.5 Å². The van der Waals surface area contributed by atoms with Gasteiger partial charge in [-0.05, 0) is 18.6 Å². The molecule has 0 atom stereocenters. The number of hydrogen-bond acceptors (Lipinski definition) is 4. The number of rotatable bonds is 3. The Balaban J connectivity index is 2.27. The highest BCUT2D eigenvalue weighted by Gasteiger charge is 2.15. The highest BCUT2D eigenvalue weighted by molar-refractivity contribution is 6.34. The highest BCUT2D eigenvalue weighted by Crippen LogP contribution is 2.19. The van der Waals surface area contributed by atoms with Gasteiger partial charge in [-0.2, -0.15) is 5.10 Å². The van der Waals surface area contributed by atoms with Gasteiger partial charge in [0.2, 0.25) is 0 Å². The van der Waals surface area contributed by atoms with Crippen molar-refractivity contribution in [1.82, 2.24) is 14.8 Å². The van der Waals surface area contributed by atoms with E-state index >= 15 is 0 Å². The van der Waals surface area contributed by atoms with Gasteiger partial charge in [0.05, 0.1) is 16.4 Å². The Morgan fingerprint density at radius 3 is 2.95 bits per heavy atom. The molecule has 0 aliphatic rings. The molecule has 0 saturated carbocycles. The summed E-state index contributed by atoms with van der Waals surface area (Å²) in [4.78, 5) is 16.1. The molecule has 0 spiro atoms. The Bertz CT molecular complexity index is 623. The van der Waals surface area contributed by atoms with Crippen molar-refractivity contribution in [1.29, 1.82) is 0 Å². The molecular formula is C12H14ClN5O. The van der Waals surface area contributed by atoms with E-state index in [2.05, 4.69) is 15.4 Å². The molecule has 0 radical (unpaired) electrons. The van der Waals surface area contributed by atoms with E-state index in [1.54, 1.807) is 30.1 Å². The van der Waals surface area contributed by atoms with Crippen molar-refractivity contribution in [2.24, 2.45) is 7.05 Å². The minimum Gasteiger partial charge on any atom is -0.384 e. The van der Waals surface area contributed by atoms with E-state index in [1.807, 2.05) is 6.92 Å². The number of halogens is 1. The van der Waals surface area contributed by atoms with E-state index in [0.717, 1.165) is 5.69 Å². The lowest BCUT2D eigenvalue weighted by Gasteiger charge is -2.06. The fraction of sp³-hybridized carbons (Fsp3) is 0.250. The second-order valence-electron chi connectivity index (χ2n) is 4.04. The zero-order valence-electron chi connectivity index (χ0n) is 10.6. The largest absolute Gasteiger partial charge is 0.384 e. The Hall–Kier alpha value is -2.08. The quantitative estimate of drug-likeness (QED) is 0.898. The van der Waals surface area contributed by atoms with Crippen LogP contribution in [0.5, 0.6) is 0 Å². The first-order valence-electron chi connectivity index (χ1n) is 5.77. The average Bonchev–Trinajstić information content (AvgIpc) is 2.72. The fourth-order valence-corrected chi connectivity index (χ4v) is 1.89. The second-order valence-corrected chi connectivity index (χ2v) is 4.44. The van der Waals surface area contributed by atoms with Crippen LogP contribution >= 0.6 is 11.6 Å². The molecule has 7 heteroatoms. The van der Waals surface area contributed by atoms with E-state index in [9.17, 15) is 4.79 Å². The molecule has 2 rings (SSSR count). The van der Waals surface area contributed by atoms with Crippen LogP contribution in [0.15, 0.2) is 18.3 Å². The van der Waals surface area contributed by atoms with Gasteiger partial charge in [-0.3, -0.25) is 9.48 Å². The van der Waals surface area contributed by atoms with E-state index in [1.165, 1.54) is 0 Å². The maximum atomic E-state index is 12.1. The topological polar surface area (TPSA) is 85.8 Å². The summed E-state index contributed by atoms with van der Waals surface area (Å²) in [5.74, 6) is -0.156. The number of carbonyl (C=O) groups is 1. The molecule has 100 valence electrons. The third-order valence-corrected chi connectivity index (χ3v) is 2.88. The van der Waals surface area contributed by atoms with E-state index in [0.29, 0.717) is 12.1 Å². The lowest BCUT2D eigenvalue weighted by atomic mass is 10.2. The van der Waals surface area contributed by atoms with Crippen LogP contribution < -0.4 is 11.1 Å². The van der Waals surface area contributed by atoms with Gasteiger partial charge in [0, 0.05) is 13.2 Å². The number of anilines is 2. The van der Waals surface area contributed by atoms with Crippen LogP contribution in [0.1, 0.15) is 23.1 Å². The molecule has 0 saturated heterocycles. The summed E-state index contributed by atoms with van der Waals surface area (Å²) in [6.07, 6.45) is 2.45. The number of aromatic nitrogens is 3. The van der Waals surface area contributed by atoms with Crippen molar-refractivity contribution in [3.63, 3.8) is 0 Å². The number of nitrogens with two attached hydrogens (primary N) is 1. The highest BCUT2D eigenvalue weighted by atomic mass is 35.5. The molecule has 0 aliphatic heterocycles. The first-order chi connectivity index (χ1) is 9.01. The number of carbonyl (C=O) groups excluding carboxylic acids is 1. The number of nitrogens with zero attached hydrogens (tertiary/aromatic N) is 3. The van der Waals surface area contributed by atoms with Crippen LogP contribution in [0.3, 0.4) is 0 Å². The van der Waals surface area contributed by atoms with Gasteiger partial charge < -0.3 is 11.1 Å². The molecular weight excluding hydrogens is 266 g/mol. The number of amides is 1. The molecule has 2 heterocycles. The van der Waals surface area contributed by atoms with Gasteiger partial charge >= 0.3 is 0 Å². The van der Waals surface area contributed by atoms with Crippen molar-refractivity contribution >= 4 is 29.0 Å². The van der Waals surface area contributed by atoms with Crippen LogP contribution in [0.25, 0.3) is 0 Å². The molecule has 0 aromatic carbocycles. The first kappa shape index (κ1) is 13.4. The lowest BCUT2D eigenvalue weighted by molar-refractivity contribution is 0.102. The number of pyridine rings is 1. The van der Waals surface area contributed by atoms with Crippen LogP contribution in [-0.2, 0) is 13.5 Å². The molecule has 2 aromatic heterocycles. The molecule has 6 nitrogen and oxygen atoms in total. The number of nitrogens with one attached hydrogen (secondary N) is 1. The molecule has 2 aromatic rings. The number of nitrogen functional groups attached to an aromatic ring is 1. The monoisotopic (exact) mass is 279 g/mol. The Kier molecular flexibility index (Phi) is 3.71. The summed E-state index contributed by atoms with van der Waals surface area (Å²) >= 11 is 5.94. The molecule has 0 fully saturated rings. The Labute approximate surface area is 115 Å². The predicted octanol–water partition coefficient (Wildman–Crippen LogP) is 1.87. The van der Waals surface area contributed by atoms with E-state index in [4.69, 9.17) is 17.3 Å². The van der Waals surface area contributed by atoms with Crippen LogP contribution in [0.2, 0.25) is 5.02 Å². The van der Waals surface area contributed by atoms with Crippen LogP contribution in [0, 0.1) is 0 Å². The molecule has 0 bridgehead atoms. The number of hydrogen-bond donors (Lipinski definition) is 2. The van der Waals surface area contributed by atoms with Crippen LogP contribution in [0.4, 0.5) is 11.5 Å². The van der Waals surface area contributed by atoms with Crippen molar-refractivity contribution in [2.45, 2.75) is 13.3 Å². The minimum absolute atomic E-state index is 0.104. The average molecular weight is 280 g/mol. The van der Waals surface area contributed by atoms with Gasteiger partial charge in [-0.25, -0.2) is 4.98 Å². The molecule has 19 heavy (non-hydrogen) atoms. The standard InChI is InChI=1S/C12H14ClN5O/c1-3-8-9(6-18(2)17-8)15-12(19)11-7(13)4-5-10(14)16-11/h4-6H,3H2,1-2H3,(H2,14,16)(H,15,19). The Morgan fingerprint density at radius 2 is 2.26 bits per heavy atom. The molecule has 1 amide bonds. The van der Waals surface area contributed by atoms with Crippen molar-refractivity contribution < 1.29 is 4.79 Å². The van der Waals surface area contributed by atoms with Crippen LogP contribution in [-0.4, -0.2) is 20.7 Å². The summed E-state index contributed by atoms with van der Waals surface area (Å²) in [5, 5.41) is 7.24. The summed E-state index contributed by atoms with van der Waals surface area (Å²) in [5.41, 5.74) is 7.11. The maximum absolute atomic E-state index is 12.1. The molecule has 3 N–H and O–H groups in total. The third-order valence-electron chi connectivity index (χ3n) is 2.57. The van der Waals surface area contributed by atoms with Crippen molar-refractivity contribution in [2.75, 3.05) is 11.1 Å². The SMILES string of the molecule is CCc1nn(C)cc1NC(=O)c1nc(N)ccc1Cl. The fourth-order valence-electron chi connectivity index (χ4n) is 1.70. The smallest absolute Gasteiger partial charge is 0.275 e. The third kappa shape index (κ3) is 2.85. The minimum atomic E-state index is -0.403. The van der Waals surface area contributed by atoms with E-state index < -0.39 is 5.91 Å². The number of aryl methyl sites for hydroxylation is 2. The summed E-state index contributed by atoms with van der Waals surface area (Å²) in [6.45, 7) is 1.96. The first-order valence-corrected chi connectivity index (χ1v) is 6.15. The lowest BCUT2D eigenvalue weighted by Crippen LogP contribution is -2.15. The summed E-state index contributed by atoms with van der Waals surface area (Å²) in [7, 11) is 1.79. The van der Waals surface area contributed by atoms with Gasteiger partial charge in [0.1, 0.15) is 11.5 Å². The zero-order valence-corrected chi connectivity index (χ0v) is 11.4. The van der Waals surface area contributed by atoms with Crippen molar-refractivity contribution in [3.8, 4) is 0 Å². The summed E-state index contributed by atoms with van der Waals surface area (Å²) in [6, 6.07) is 3.09. The van der Waals surface area contributed by atoms with Crippen molar-refractivity contribution in [3.05, 3.63) is 34.7 Å². The predicted molar refractivity (Wildman–Crippen MR) is 74.2 cm³/mol.